The van der Waals surface area contributed by atoms with Gasteiger partial charge >= 0.3 is 6.18 Å². The maximum Gasteiger partial charge on any atom is 0.416 e. The van der Waals surface area contributed by atoms with Gasteiger partial charge in [-0.1, -0.05) is 6.07 Å². The summed E-state index contributed by atoms with van der Waals surface area (Å²) in [6.45, 7) is 0. The summed E-state index contributed by atoms with van der Waals surface area (Å²) in [7, 11) is 0. The third kappa shape index (κ3) is 1.62. The van der Waals surface area contributed by atoms with Crippen molar-refractivity contribution in [3.63, 3.8) is 0 Å². The van der Waals surface area contributed by atoms with Crippen molar-refractivity contribution in [1.82, 2.24) is 4.98 Å². The number of fused-ring (bicyclic) bond motifs is 3. The topological polar surface area (TPSA) is 32.9 Å². The molecule has 1 aliphatic carbocycles. The molecule has 2 nitrogen and oxygen atoms in total. The summed E-state index contributed by atoms with van der Waals surface area (Å²) < 4.78 is 37.8. The van der Waals surface area contributed by atoms with Crippen LogP contribution < -0.4 is 0 Å². The Morgan fingerprint density at radius 1 is 1.17 bits per heavy atom. The third-order valence-corrected chi connectivity index (χ3v) is 3.31. The first-order chi connectivity index (χ1) is 8.47. The number of carbonyl (C=O) groups excluding carboxylic acids is 1. The minimum absolute atomic E-state index is 0.0160. The minimum atomic E-state index is -4.36. The van der Waals surface area contributed by atoms with E-state index in [4.69, 9.17) is 0 Å². The van der Waals surface area contributed by atoms with E-state index >= 15 is 0 Å². The van der Waals surface area contributed by atoms with E-state index in [0.717, 1.165) is 30.7 Å². The zero-order valence-corrected chi connectivity index (χ0v) is 9.40. The number of alkyl halides is 3. The van der Waals surface area contributed by atoms with Gasteiger partial charge in [0, 0.05) is 28.6 Å². The molecule has 1 aromatic carbocycles. The highest BCUT2D eigenvalue weighted by Gasteiger charge is 2.31. The summed E-state index contributed by atoms with van der Waals surface area (Å²) in [4.78, 5) is 14.7. The lowest BCUT2D eigenvalue weighted by molar-refractivity contribution is -0.137. The number of aromatic nitrogens is 1. The zero-order valence-electron chi connectivity index (χ0n) is 9.40. The van der Waals surface area contributed by atoms with Crippen molar-refractivity contribution >= 4 is 16.7 Å². The maximum absolute atomic E-state index is 12.6. The fourth-order valence-corrected chi connectivity index (χ4v) is 2.49. The average Bonchev–Trinajstić information content (AvgIpc) is 2.66. The number of hydrogen-bond donors (Lipinski definition) is 1. The van der Waals surface area contributed by atoms with Crippen LogP contribution in [0.2, 0.25) is 0 Å². The van der Waals surface area contributed by atoms with Gasteiger partial charge in [-0.05, 0) is 25.0 Å². The smallest absolute Gasteiger partial charge is 0.358 e. The molecule has 3 rings (SSSR count). The van der Waals surface area contributed by atoms with Gasteiger partial charge in [0.2, 0.25) is 0 Å². The molecule has 18 heavy (non-hydrogen) atoms. The fraction of sp³-hybridized carbons (Fsp3) is 0.308. The lowest BCUT2D eigenvalue weighted by Gasteiger charge is -2.09. The molecule has 1 N–H and O–H groups in total. The molecule has 0 radical (unpaired) electrons. The van der Waals surface area contributed by atoms with Crippen molar-refractivity contribution in [3.05, 3.63) is 35.0 Å². The Balaban J connectivity index is 2.23. The molecule has 2 aromatic rings. The average molecular weight is 253 g/mol. The van der Waals surface area contributed by atoms with Gasteiger partial charge in [0.25, 0.3) is 0 Å². The molecule has 0 saturated heterocycles. The van der Waals surface area contributed by atoms with Crippen LogP contribution in [0.15, 0.2) is 18.2 Å². The Morgan fingerprint density at radius 2 is 1.94 bits per heavy atom. The second kappa shape index (κ2) is 3.60. The number of rotatable bonds is 0. The van der Waals surface area contributed by atoms with E-state index in [2.05, 4.69) is 4.98 Å². The molecular formula is C13H10F3NO. The first kappa shape index (κ1) is 11.3. The fourth-order valence-electron chi connectivity index (χ4n) is 2.49. The van der Waals surface area contributed by atoms with E-state index in [-0.39, 0.29) is 5.78 Å². The molecule has 0 amide bonds. The SMILES string of the molecule is O=C1CCCc2[nH]c3cc(C(F)(F)F)ccc3c21. The second-order valence-electron chi connectivity index (χ2n) is 4.51. The highest BCUT2D eigenvalue weighted by molar-refractivity contribution is 6.10. The molecule has 1 aromatic heterocycles. The first-order valence-electron chi connectivity index (χ1n) is 5.72. The Labute approximate surface area is 101 Å². The lowest BCUT2D eigenvalue weighted by atomic mass is 9.94. The van der Waals surface area contributed by atoms with E-state index in [1.165, 1.54) is 6.07 Å². The predicted molar refractivity (Wildman–Crippen MR) is 60.6 cm³/mol. The number of aromatic amines is 1. The number of nitrogens with one attached hydrogen (secondary N) is 1. The van der Waals surface area contributed by atoms with Gasteiger partial charge in [0.05, 0.1) is 5.56 Å². The molecular weight excluding hydrogens is 243 g/mol. The van der Waals surface area contributed by atoms with Gasteiger partial charge in [-0.15, -0.1) is 0 Å². The molecule has 1 aliphatic rings. The van der Waals surface area contributed by atoms with Crippen molar-refractivity contribution in [2.75, 3.05) is 0 Å². The van der Waals surface area contributed by atoms with Gasteiger partial charge in [-0.2, -0.15) is 13.2 Å². The summed E-state index contributed by atoms with van der Waals surface area (Å²) in [5.41, 5.74) is 1.04. The Bertz CT molecular complexity index is 639. The zero-order chi connectivity index (χ0) is 12.9. The molecule has 0 bridgehead atoms. The van der Waals surface area contributed by atoms with Crippen molar-refractivity contribution < 1.29 is 18.0 Å². The molecule has 1 heterocycles. The monoisotopic (exact) mass is 253 g/mol. The van der Waals surface area contributed by atoms with Gasteiger partial charge in [0.15, 0.2) is 5.78 Å². The number of ketones is 1. The lowest BCUT2D eigenvalue weighted by Crippen LogP contribution is -2.09. The van der Waals surface area contributed by atoms with Crippen molar-refractivity contribution in [1.29, 1.82) is 0 Å². The van der Waals surface area contributed by atoms with Crippen LogP contribution in [-0.4, -0.2) is 10.8 Å². The van der Waals surface area contributed by atoms with E-state index in [1.807, 2.05) is 0 Å². The van der Waals surface area contributed by atoms with Crippen molar-refractivity contribution in [2.45, 2.75) is 25.4 Å². The standard InChI is InChI=1S/C13H10F3NO/c14-13(15,16)7-4-5-8-10(6-7)17-9-2-1-3-11(18)12(8)9/h4-6,17H,1-3H2. The van der Waals surface area contributed by atoms with Gasteiger partial charge in [0.1, 0.15) is 0 Å². The van der Waals surface area contributed by atoms with Crippen molar-refractivity contribution in [2.24, 2.45) is 0 Å². The van der Waals surface area contributed by atoms with E-state index in [1.54, 1.807) is 0 Å². The molecule has 0 unspecified atom stereocenters. The van der Waals surface area contributed by atoms with Crippen LogP contribution in [0.4, 0.5) is 13.2 Å². The Kier molecular flexibility index (Phi) is 2.27. The van der Waals surface area contributed by atoms with Crippen LogP contribution in [0, 0.1) is 0 Å². The summed E-state index contributed by atoms with van der Waals surface area (Å²) in [5.74, 6) is 0.0160. The Hall–Kier alpha value is -1.78. The van der Waals surface area contributed by atoms with Gasteiger partial charge in [-0.3, -0.25) is 4.79 Å². The van der Waals surface area contributed by atoms with E-state index in [0.29, 0.717) is 22.9 Å². The predicted octanol–water partition coefficient (Wildman–Crippen LogP) is 3.71. The largest absolute Gasteiger partial charge is 0.416 e. The van der Waals surface area contributed by atoms with Crippen LogP contribution in [0.5, 0.6) is 0 Å². The van der Waals surface area contributed by atoms with Crippen LogP contribution in [0.25, 0.3) is 10.9 Å². The summed E-state index contributed by atoms with van der Waals surface area (Å²) in [6.07, 6.45) is -2.41. The molecule has 0 fully saturated rings. The van der Waals surface area contributed by atoms with Crippen LogP contribution in [0.1, 0.15) is 34.5 Å². The van der Waals surface area contributed by atoms with Crippen LogP contribution in [0.3, 0.4) is 0 Å². The third-order valence-electron chi connectivity index (χ3n) is 3.31. The normalized spacial score (nSPS) is 16.1. The maximum atomic E-state index is 12.6. The summed E-state index contributed by atoms with van der Waals surface area (Å²) in [5, 5.41) is 0.600. The number of hydrogen-bond acceptors (Lipinski definition) is 1. The quantitative estimate of drug-likeness (QED) is 0.762. The molecule has 94 valence electrons. The number of halogens is 3. The number of H-pyrrole nitrogens is 1. The van der Waals surface area contributed by atoms with Crippen LogP contribution >= 0.6 is 0 Å². The van der Waals surface area contributed by atoms with Gasteiger partial charge < -0.3 is 4.98 Å². The number of aryl methyl sites for hydroxylation is 1. The number of benzene rings is 1. The minimum Gasteiger partial charge on any atom is -0.358 e. The number of carbonyl (C=O) groups is 1. The molecule has 0 atom stereocenters. The molecule has 0 saturated carbocycles. The first-order valence-corrected chi connectivity index (χ1v) is 5.72. The van der Waals surface area contributed by atoms with Gasteiger partial charge in [-0.25, -0.2) is 0 Å². The van der Waals surface area contributed by atoms with Crippen molar-refractivity contribution in [3.8, 4) is 0 Å². The van der Waals surface area contributed by atoms with E-state index in [9.17, 15) is 18.0 Å². The summed E-state index contributed by atoms with van der Waals surface area (Å²) >= 11 is 0. The second-order valence-corrected chi connectivity index (χ2v) is 4.51. The molecule has 0 spiro atoms. The number of Topliss-reactive ketones (excluding diaryl/α,β-unsaturated/α-hetero) is 1. The highest BCUT2D eigenvalue weighted by atomic mass is 19.4. The summed E-state index contributed by atoms with van der Waals surface area (Å²) in [6, 6.07) is 3.48. The van der Waals surface area contributed by atoms with Crippen LogP contribution in [-0.2, 0) is 12.6 Å². The Morgan fingerprint density at radius 3 is 2.67 bits per heavy atom. The molecule has 0 aliphatic heterocycles. The highest BCUT2D eigenvalue weighted by Crippen LogP contribution is 2.34. The van der Waals surface area contributed by atoms with E-state index < -0.39 is 11.7 Å². The molecule has 5 heteroatoms.